The number of hydrogen-bond donors (Lipinski definition) is 0. The van der Waals surface area contributed by atoms with Crippen molar-refractivity contribution in [1.29, 1.82) is 0 Å². The van der Waals surface area contributed by atoms with E-state index in [9.17, 15) is 14.4 Å². The molecule has 0 aromatic rings. The summed E-state index contributed by atoms with van der Waals surface area (Å²) in [6.07, 6.45) is 1.50. The number of ether oxygens (including phenoxy) is 1. The van der Waals surface area contributed by atoms with Crippen molar-refractivity contribution >= 4 is 17.8 Å². The Balaban J connectivity index is 2.00. The second kappa shape index (κ2) is 3.12. The van der Waals surface area contributed by atoms with Crippen LogP contribution >= 0.6 is 0 Å². The highest BCUT2D eigenvalue weighted by Crippen LogP contribution is 2.60. The van der Waals surface area contributed by atoms with Gasteiger partial charge in [-0.15, -0.1) is 5.06 Å². The fourth-order valence-electron chi connectivity index (χ4n) is 3.66. The number of carbonyl (C=O) groups is 3. The normalized spacial score (nSPS) is 45.6. The molecule has 0 aliphatic carbocycles. The van der Waals surface area contributed by atoms with E-state index in [1.807, 2.05) is 13.8 Å². The highest BCUT2D eigenvalue weighted by Gasteiger charge is 2.73. The summed E-state index contributed by atoms with van der Waals surface area (Å²) in [6, 6.07) is 0. The van der Waals surface area contributed by atoms with Crippen LogP contribution in [0.1, 0.15) is 33.6 Å². The Kier molecular flexibility index (Phi) is 2.02. The van der Waals surface area contributed by atoms with Crippen LogP contribution < -0.4 is 0 Å². The summed E-state index contributed by atoms with van der Waals surface area (Å²) in [5, 5.41) is 0.627. The summed E-state index contributed by atoms with van der Waals surface area (Å²) in [5.74, 6) is -2.62. The quantitative estimate of drug-likeness (QED) is 0.633. The highest BCUT2D eigenvalue weighted by molar-refractivity contribution is 6.06. The third-order valence-electron chi connectivity index (χ3n) is 4.39. The third-order valence-corrected chi connectivity index (χ3v) is 4.39. The molecule has 6 heteroatoms. The van der Waals surface area contributed by atoms with Crippen LogP contribution in [0.4, 0.5) is 0 Å². The van der Waals surface area contributed by atoms with Crippen molar-refractivity contribution in [2.24, 2.45) is 11.8 Å². The van der Waals surface area contributed by atoms with Gasteiger partial charge in [0.15, 0.2) is 0 Å². The minimum Gasteiger partial charge on any atom is -0.367 e. The molecule has 0 N–H and O–H groups in total. The molecule has 4 atom stereocenters. The maximum Gasteiger partial charge on any atom is 0.330 e. The Bertz CT molecular complexity index is 441. The number of imide groups is 1. The number of carbonyl (C=O) groups excluding carboxylic acids is 3. The van der Waals surface area contributed by atoms with Gasteiger partial charge in [0.1, 0.15) is 0 Å². The molecule has 0 aromatic heterocycles. The van der Waals surface area contributed by atoms with Gasteiger partial charge < -0.3 is 9.57 Å². The van der Waals surface area contributed by atoms with Crippen LogP contribution in [-0.2, 0) is 24.0 Å². The minimum absolute atomic E-state index is 0.453. The summed E-state index contributed by atoms with van der Waals surface area (Å²) < 4.78 is 5.90. The lowest BCUT2D eigenvalue weighted by molar-refractivity contribution is -0.201. The first-order chi connectivity index (χ1) is 8.28. The minimum atomic E-state index is -0.666. The van der Waals surface area contributed by atoms with Gasteiger partial charge in [-0.3, -0.25) is 9.59 Å². The molecule has 3 fully saturated rings. The van der Waals surface area contributed by atoms with E-state index in [1.54, 1.807) is 0 Å². The van der Waals surface area contributed by atoms with Gasteiger partial charge in [-0.25, -0.2) is 4.79 Å². The highest BCUT2D eigenvalue weighted by atomic mass is 16.7. The first-order valence-electron chi connectivity index (χ1n) is 6.05. The van der Waals surface area contributed by atoms with E-state index in [0.29, 0.717) is 5.06 Å². The molecule has 0 radical (unpaired) electrons. The molecule has 0 spiro atoms. The van der Waals surface area contributed by atoms with Gasteiger partial charge in [-0.05, 0) is 26.7 Å². The molecule has 3 heterocycles. The monoisotopic (exact) mass is 253 g/mol. The maximum absolute atomic E-state index is 12.2. The van der Waals surface area contributed by atoms with Crippen molar-refractivity contribution in [2.75, 3.05) is 0 Å². The van der Waals surface area contributed by atoms with Crippen LogP contribution in [-0.4, -0.2) is 34.0 Å². The van der Waals surface area contributed by atoms with Crippen LogP contribution in [0.15, 0.2) is 0 Å². The van der Waals surface area contributed by atoms with Gasteiger partial charge in [-0.1, -0.05) is 0 Å². The molecule has 3 aliphatic heterocycles. The molecule has 18 heavy (non-hydrogen) atoms. The Labute approximate surface area is 104 Å². The zero-order valence-electron chi connectivity index (χ0n) is 10.6. The molecule has 2 amide bonds. The molecule has 6 nitrogen and oxygen atoms in total. The molecule has 4 unspecified atom stereocenters. The smallest absolute Gasteiger partial charge is 0.330 e. The van der Waals surface area contributed by atoms with E-state index >= 15 is 0 Å². The van der Waals surface area contributed by atoms with Gasteiger partial charge in [0.2, 0.25) is 0 Å². The van der Waals surface area contributed by atoms with Crippen LogP contribution in [0, 0.1) is 11.8 Å². The van der Waals surface area contributed by atoms with E-state index in [-0.39, 0.29) is 0 Å². The second-order valence-electron chi connectivity index (χ2n) is 5.74. The first kappa shape index (κ1) is 11.6. The van der Waals surface area contributed by atoms with Crippen LogP contribution in [0.5, 0.6) is 0 Å². The molecule has 0 saturated carbocycles. The lowest BCUT2D eigenvalue weighted by Gasteiger charge is -2.26. The summed E-state index contributed by atoms with van der Waals surface area (Å²) >= 11 is 0. The molecule has 2 bridgehead atoms. The van der Waals surface area contributed by atoms with Gasteiger partial charge in [-0.2, -0.15) is 0 Å². The Morgan fingerprint density at radius 2 is 1.67 bits per heavy atom. The second-order valence-corrected chi connectivity index (χ2v) is 5.74. The largest absolute Gasteiger partial charge is 0.367 e. The summed E-state index contributed by atoms with van der Waals surface area (Å²) in [6.45, 7) is 4.87. The summed E-state index contributed by atoms with van der Waals surface area (Å²) in [5.41, 5.74) is -1.22. The van der Waals surface area contributed by atoms with Crippen molar-refractivity contribution in [3.63, 3.8) is 0 Å². The van der Waals surface area contributed by atoms with Crippen LogP contribution in [0.2, 0.25) is 0 Å². The van der Waals surface area contributed by atoms with Gasteiger partial charge in [0.05, 0.1) is 23.0 Å². The van der Waals surface area contributed by atoms with Gasteiger partial charge >= 0.3 is 5.97 Å². The Morgan fingerprint density at radius 1 is 1.22 bits per heavy atom. The van der Waals surface area contributed by atoms with Crippen molar-refractivity contribution in [3.05, 3.63) is 0 Å². The van der Waals surface area contributed by atoms with E-state index in [0.717, 1.165) is 12.8 Å². The van der Waals surface area contributed by atoms with Crippen molar-refractivity contribution in [2.45, 2.75) is 44.8 Å². The predicted molar refractivity (Wildman–Crippen MR) is 57.7 cm³/mol. The number of nitrogens with zero attached hydrogens (tertiary/aromatic N) is 1. The first-order valence-corrected chi connectivity index (χ1v) is 6.05. The predicted octanol–water partition coefficient (Wildman–Crippen LogP) is 0.407. The lowest BCUT2D eigenvalue weighted by Crippen LogP contribution is -2.40. The van der Waals surface area contributed by atoms with E-state index < -0.39 is 40.8 Å². The molecule has 0 aromatic carbocycles. The zero-order chi connectivity index (χ0) is 13.3. The average Bonchev–Trinajstić information content (AvgIpc) is 2.78. The van der Waals surface area contributed by atoms with E-state index in [4.69, 9.17) is 9.57 Å². The molecule has 3 aliphatic rings. The molecule has 3 saturated heterocycles. The summed E-state index contributed by atoms with van der Waals surface area (Å²) in [4.78, 5) is 40.1. The molecular weight excluding hydrogens is 238 g/mol. The molecular formula is C12H15NO5. The molecule has 98 valence electrons. The average molecular weight is 253 g/mol. The number of hydroxylamine groups is 2. The van der Waals surface area contributed by atoms with Crippen molar-refractivity contribution < 1.29 is 24.0 Å². The number of amides is 2. The van der Waals surface area contributed by atoms with Crippen molar-refractivity contribution in [3.8, 4) is 0 Å². The number of fused-ring (bicyclic) bond motifs is 5. The molecule has 3 rings (SSSR count). The third kappa shape index (κ3) is 1.19. The van der Waals surface area contributed by atoms with E-state index in [2.05, 4.69) is 0 Å². The Hall–Kier alpha value is -1.43. The standard InChI is InChI=1S/C12H15NO5/c1-6(14)17-13-9(15)7-8(10(13)16)12(3)5-4-11(7,2)18-12/h7-8H,4-5H2,1-3H3. The number of hydrogen-bond acceptors (Lipinski definition) is 5. The zero-order valence-corrected chi connectivity index (χ0v) is 10.6. The fraction of sp³-hybridized carbons (Fsp3) is 0.750. The van der Waals surface area contributed by atoms with Crippen LogP contribution in [0.3, 0.4) is 0 Å². The lowest BCUT2D eigenvalue weighted by atomic mass is 9.69. The maximum atomic E-state index is 12.2. The van der Waals surface area contributed by atoms with Crippen LogP contribution in [0.25, 0.3) is 0 Å². The summed E-state index contributed by atoms with van der Waals surface area (Å²) in [7, 11) is 0. The van der Waals surface area contributed by atoms with Gasteiger partial charge in [0, 0.05) is 6.92 Å². The van der Waals surface area contributed by atoms with Gasteiger partial charge in [0.25, 0.3) is 11.8 Å². The SMILES string of the molecule is CC(=O)ON1C(=O)C2C(C1=O)C1(C)CCC2(C)O1. The fourth-order valence-corrected chi connectivity index (χ4v) is 3.66. The van der Waals surface area contributed by atoms with E-state index in [1.165, 1.54) is 6.92 Å². The number of rotatable bonds is 1. The van der Waals surface area contributed by atoms with Crippen molar-refractivity contribution in [1.82, 2.24) is 5.06 Å². The topological polar surface area (TPSA) is 72.9 Å². The Morgan fingerprint density at radius 3 is 2.06 bits per heavy atom.